The van der Waals surface area contributed by atoms with Crippen molar-refractivity contribution in [1.82, 2.24) is 9.71 Å². The Bertz CT molecular complexity index is 971. The van der Waals surface area contributed by atoms with Gasteiger partial charge in [-0.25, -0.2) is 17.5 Å². The number of nitrogens with one attached hydrogen (secondary N) is 1. The van der Waals surface area contributed by atoms with Crippen molar-refractivity contribution in [2.75, 3.05) is 0 Å². The van der Waals surface area contributed by atoms with Crippen LogP contribution in [0.15, 0.2) is 59.5 Å². The number of nitrogens with zero attached hydrogens (tertiary/aromatic N) is 1. The first-order valence-corrected chi connectivity index (χ1v) is 8.54. The van der Waals surface area contributed by atoms with Crippen LogP contribution in [0.25, 0.3) is 10.9 Å². The molecule has 0 fully saturated rings. The van der Waals surface area contributed by atoms with Gasteiger partial charge in [-0.05, 0) is 42.8 Å². The maximum atomic E-state index is 13.1. The van der Waals surface area contributed by atoms with E-state index in [9.17, 15) is 12.8 Å². The fraction of sp³-hybridized carbons (Fsp3) is 0.118. The van der Waals surface area contributed by atoms with Gasteiger partial charge in [-0.15, -0.1) is 0 Å². The number of halogens is 1. The summed E-state index contributed by atoms with van der Waals surface area (Å²) in [5, 5.41) is 0.994. The summed E-state index contributed by atoms with van der Waals surface area (Å²) in [5.41, 5.74) is 1.79. The number of sulfonamides is 1. The number of rotatable bonds is 4. The topological polar surface area (TPSA) is 59.1 Å². The lowest BCUT2D eigenvalue weighted by atomic mass is 10.2. The molecule has 0 aliphatic heterocycles. The molecule has 23 heavy (non-hydrogen) atoms. The maximum absolute atomic E-state index is 13.1. The van der Waals surface area contributed by atoms with E-state index in [1.165, 1.54) is 12.1 Å². The van der Waals surface area contributed by atoms with Crippen LogP contribution < -0.4 is 4.72 Å². The van der Waals surface area contributed by atoms with Crippen LogP contribution in [-0.2, 0) is 16.6 Å². The van der Waals surface area contributed by atoms with E-state index in [0.717, 1.165) is 17.0 Å². The molecule has 3 rings (SSSR count). The molecule has 6 heteroatoms. The van der Waals surface area contributed by atoms with E-state index < -0.39 is 15.8 Å². The monoisotopic (exact) mass is 330 g/mol. The first kappa shape index (κ1) is 15.6. The molecule has 0 spiro atoms. The van der Waals surface area contributed by atoms with E-state index in [0.29, 0.717) is 11.3 Å². The molecule has 0 aliphatic rings. The van der Waals surface area contributed by atoms with Gasteiger partial charge in [0.05, 0.1) is 22.7 Å². The number of benzene rings is 2. The summed E-state index contributed by atoms with van der Waals surface area (Å²) in [4.78, 5) is 4.49. The molecule has 1 aromatic heterocycles. The molecule has 0 aliphatic carbocycles. The first-order valence-electron chi connectivity index (χ1n) is 7.06. The standard InChI is InChI=1S/C17H15FN2O2S/c1-12-10-14(18)7-9-17(12)23(21,22)19-11-15-8-6-13-4-2-3-5-16(13)20-15/h2-10,19H,11H2,1H3. The molecule has 0 amide bonds. The zero-order chi connectivity index (χ0) is 16.4. The number of hydrogen-bond acceptors (Lipinski definition) is 3. The molecule has 4 nitrogen and oxygen atoms in total. The zero-order valence-corrected chi connectivity index (χ0v) is 13.3. The Kier molecular flexibility index (Phi) is 4.11. The van der Waals surface area contributed by atoms with Gasteiger partial charge in [0, 0.05) is 5.39 Å². The van der Waals surface area contributed by atoms with Crippen molar-refractivity contribution in [1.29, 1.82) is 0 Å². The normalized spacial score (nSPS) is 11.7. The van der Waals surface area contributed by atoms with Crippen LogP contribution in [0.5, 0.6) is 0 Å². The second kappa shape index (κ2) is 6.06. The van der Waals surface area contributed by atoms with Gasteiger partial charge < -0.3 is 0 Å². The summed E-state index contributed by atoms with van der Waals surface area (Å²) in [6, 6.07) is 14.9. The molecular weight excluding hydrogens is 315 g/mol. The average molecular weight is 330 g/mol. The zero-order valence-electron chi connectivity index (χ0n) is 12.5. The molecule has 0 radical (unpaired) electrons. The van der Waals surface area contributed by atoms with E-state index >= 15 is 0 Å². The van der Waals surface area contributed by atoms with E-state index in [2.05, 4.69) is 9.71 Å². The molecule has 1 heterocycles. The van der Waals surface area contributed by atoms with Crippen LogP contribution in [0.1, 0.15) is 11.3 Å². The molecule has 0 saturated carbocycles. The van der Waals surface area contributed by atoms with Gasteiger partial charge in [0.15, 0.2) is 0 Å². The Hall–Kier alpha value is -2.31. The van der Waals surface area contributed by atoms with E-state index in [4.69, 9.17) is 0 Å². The van der Waals surface area contributed by atoms with Crippen LogP contribution in [0.4, 0.5) is 4.39 Å². The van der Waals surface area contributed by atoms with Crippen molar-refractivity contribution in [3.63, 3.8) is 0 Å². The van der Waals surface area contributed by atoms with E-state index in [1.54, 1.807) is 13.0 Å². The molecule has 2 aromatic carbocycles. The summed E-state index contributed by atoms with van der Waals surface area (Å²) in [5.74, 6) is -0.461. The quantitative estimate of drug-likeness (QED) is 0.799. The van der Waals surface area contributed by atoms with Gasteiger partial charge in [0.25, 0.3) is 0 Å². The molecule has 1 N–H and O–H groups in total. The number of pyridine rings is 1. The second-order valence-corrected chi connectivity index (χ2v) is 6.97. The van der Waals surface area contributed by atoms with Crippen LogP contribution in [0.3, 0.4) is 0 Å². The van der Waals surface area contributed by atoms with Gasteiger partial charge in [-0.2, -0.15) is 0 Å². The van der Waals surface area contributed by atoms with Crippen LogP contribution in [0, 0.1) is 12.7 Å². The van der Waals surface area contributed by atoms with Gasteiger partial charge in [0.1, 0.15) is 5.82 Å². The Balaban J connectivity index is 1.83. The minimum absolute atomic E-state index is 0.0692. The number of aryl methyl sites for hydroxylation is 1. The van der Waals surface area contributed by atoms with Gasteiger partial charge >= 0.3 is 0 Å². The van der Waals surface area contributed by atoms with Gasteiger partial charge in [-0.1, -0.05) is 24.3 Å². The summed E-state index contributed by atoms with van der Waals surface area (Å²) < 4.78 is 40.3. The summed E-state index contributed by atoms with van der Waals surface area (Å²) >= 11 is 0. The van der Waals surface area contributed by atoms with Crippen LogP contribution in [-0.4, -0.2) is 13.4 Å². The summed E-state index contributed by atoms with van der Waals surface area (Å²) in [7, 11) is -3.72. The molecule has 0 bridgehead atoms. The minimum atomic E-state index is -3.72. The molecule has 0 saturated heterocycles. The predicted octanol–water partition coefficient (Wildman–Crippen LogP) is 3.16. The number of hydrogen-bond donors (Lipinski definition) is 1. The Morgan fingerprint density at radius 1 is 1.09 bits per heavy atom. The van der Waals surface area contributed by atoms with Crippen molar-refractivity contribution in [3.05, 3.63) is 71.7 Å². The number of aromatic nitrogens is 1. The third kappa shape index (κ3) is 3.38. The minimum Gasteiger partial charge on any atom is -0.251 e. The lowest BCUT2D eigenvalue weighted by Gasteiger charge is -2.09. The van der Waals surface area contributed by atoms with E-state index in [1.807, 2.05) is 30.3 Å². The van der Waals surface area contributed by atoms with Crippen molar-refractivity contribution in [2.24, 2.45) is 0 Å². The van der Waals surface area contributed by atoms with Crippen molar-refractivity contribution >= 4 is 20.9 Å². The lowest BCUT2D eigenvalue weighted by molar-refractivity contribution is 0.578. The highest BCUT2D eigenvalue weighted by Gasteiger charge is 2.17. The molecule has 3 aromatic rings. The van der Waals surface area contributed by atoms with Crippen LogP contribution >= 0.6 is 0 Å². The lowest BCUT2D eigenvalue weighted by Crippen LogP contribution is -2.24. The second-order valence-electron chi connectivity index (χ2n) is 5.23. The van der Waals surface area contributed by atoms with Gasteiger partial charge in [-0.3, -0.25) is 4.98 Å². The van der Waals surface area contributed by atoms with Crippen molar-refractivity contribution in [2.45, 2.75) is 18.4 Å². The third-order valence-corrected chi connectivity index (χ3v) is 5.09. The smallest absolute Gasteiger partial charge is 0.241 e. The Labute approximate surface area is 134 Å². The highest BCUT2D eigenvalue weighted by molar-refractivity contribution is 7.89. The fourth-order valence-electron chi connectivity index (χ4n) is 2.37. The largest absolute Gasteiger partial charge is 0.251 e. The molecule has 0 unspecified atom stereocenters. The number of para-hydroxylation sites is 1. The van der Waals surface area contributed by atoms with Crippen molar-refractivity contribution < 1.29 is 12.8 Å². The molecule has 118 valence electrons. The summed E-state index contributed by atoms with van der Waals surface area (Å²) in [6.45, 7) is 1.63. The average Bonchev–Trinajstić information content (AvgIpc) is 2.52. The highest BCUT2D eigenvalue weighted by Crippen LogP contribution is 2.17. The van der Waals surface area contributed by atoms with E-state index in [-0.39, 0.29) is 11.4 Å². The van der Waals surface area contributed by atoms with Crippen molar-refractivity contribution in [3.8, 4) is 0 Å². The first-order chi connectivity index (χ1) is 11.0. The van der Waals surface area contributed by atoms with Crippen LogP contribution in [0.2, 0.25) is 0 Å². The predicted molar refractivity (Wildman–Crippen MR) is 86.9 cm³/mol. The summed E-state index contributed by atoms with van der Waals surface area (Å²) in [6.07, 6.45) is 0. The Morgan fingerprint density at radius 3 is 2.65 bits per heavy atom. The van der Waals surface area contributed by atoms with Gasteiger partial charge in [0.2, 0.25) is 10.0 Å². The molecule has 0 atom stereocenters. The highest BCUT2D eigenvalue weighted by atomic mass is 32.2. The maximum Gasteiger partial charge on any atom is 0.241 e. The third-order valence-electron chi connectivity index (χ3n) is 3.53. The molecular formula is C17H15FN2O2S. The fourth-order valence-corrected chi connectivity index (χ4v) is 3.59. The SMILES string of the molecule is Cc1cc(F)ccc1S(=O)(=O)NCc1ccc2ccccc2n1. The number of fused-ring (bicyclic) bond motifs is 1. The Morgan fingerprint density at radius 2 is 1.87 bits per heavy atom.